The van der Waals surface area contributed by atoms with Gasteiger partial charge in [0, 0.05) is 19.7 Å². The maximum absolute atomic E-state index is 13.7. The summed E-state index contributed by atoms with van der Waals surface area (Å²) < 4.78 is 40.2. The third kappa shape index (κ3) is 3.14. The number of aliphatic hydroxyl groups is 1. The Hall–Kier alpha value is -1.49. The van der Waals surface area contributed by atoms with Gasteiger partial charge in [-0.1, -0.05) is 6.07 Å². The minimum absolute atomic E-state index is 0.117. The number of sulfonamides is 1. The SMILES string of the molecule is CN(C1CCC(CO)CC1)S(=O)(=O)c1cccc(F)c1C#N. The second-order valence-corrected chi connectivity index (χ2v) is 7.57. The Kier molecular flexibility index (Phi) is 5.16. The zero-order valence-electron chi connectivity index (χ0n) is 12.4. The third-order valence-electron chi connectivity index (χ3n) is 4.33. The molecule has 0 aliphatic heterocycles. The van der Waals surface area contributed by atoms with Gasteiger partial charge >= 0.3 is 0 Å². The van der Waals surface area contributed by atoms with Crippen LogP contribution in [0.5, 0.6) is 0 Å². The molecule has 22 heavy (non-hydrogen) atoms. The molecule has 1 fully saturated rings. The number of benzene rings is 1. The highest BCUT2D eigenvalue weighted by molar-refractivity contribution is 7.89. The molecule has 5 nitrogen and oxygen atoms in total. The van der Waals surface area contributed by atoms with Crippen LogP contribution in [0, 0.1) is 23.1 Å². The van der Waals surface area contributed by atoms with Crippen molar-refractivity contribution in [2.24, 2.45) is 5.92 Å². The van der Waals surface area contributed by atoms with Crippen molar-refractivity contribution in [2.45, 2.75) is 36.6 Å². The largest absolute Gasteiger partial charge is 0.396 e. The van der Waals surface area contributed by atoms with Gasteiger partial charge in [-0.2, -0.15) is 9.57 Å². The van der Waals surface area contributed by atoms with E-state index in [2.05, 4.69) is 0 Å². The van der Waals surface area contributed by atoms with Gasteiger partial charge in [-0.25, -0.2) is 12.8 Å². The first-order chi connectivity index (χ1) is 10.4. The van der Waals surface area contributed by atoms with Crippen LogP contribution in [0.4, 0.5) is 4.39 Å². The van der Waals surface area contributed by atoms with Crippen LogP contribution in [0.25, 0.3) is 0 Å². The summed E-state index contributed by atoms with van der Waals surface area (Å²) in [6.45, 7) is 0.117. The van der Waals surface area contributed by atoms with Crippen molar-refractivity contribution in [2.75, 3.05) is 13.7 Å². The molecule has 0 radical (unpaired) electrons. The van der Waals surface area contributed by atoms with Gasteiger partial charge in [0.25, 0.3) is 0 Å². The van der Waals surface area contributed by atoms with E-state index in [0.717, 1.165) is 18.9 Å². The first-order valence-corrected chi connectivity index (χ1v) is 8.63. The molecule has 1 aliphatic rings. The van der Waals surface area contributed by atoms with Gasteiger partial charge in [0.15, 0.2) is 0 Å². The standard InChI is InChI=1S/C15H19FN2O3S/c1-18(12-7-5-11(10-19)6-8-12)22(20,21)15-4-2-3-14(16)13(15)9-17/h2-4,11-12,19H,5-8,10H2,1H3. The summed E-state index contributed by atoms with van der Waals surface area (Å²) in [5, 5.41) is 18.2. The second kappa shape index (κ2) is 6.73. The molecule has 1 aliphatic carbocycles. The van der Waals surface area contributed by atoms with Crippen LogP contribution >= 0.6 is 0 Å². The molecular weight excluding hydrogens is 307 g/mol. The first-order valence-electron chi connectivity index (χ1n) is 7.19. The van der Waals surface area contributed by atoms with Crippen molar-refractivity contribution in [1.29, 1.82) is 5.26 Å². The second-order valence-electron chi connectivity index (χ2n) is 5.60. The molecule has 0 bridgehead atoms. The van der Waals surface area contributed by atoms with Gasteiger partial charge in [-0.05, 0) is 43.7 Å². The third-order valence-corrected chi connectivity index (χ3v) is 6.29. The topological polar surface area (TPSA) is 81.4 Å². The van der Waals surface area contributed by atoms with Crippen molar-refractivity contribution in [3.8, 4) is 6.07 Å². The zero-order chi connectivity index (χ0) is 16.3. The highest BCUT2D eigenvalue weighted by atomic mass is 32.2. The highest BCUT2D eigenvalue weighted by Gasteiger charge is 2.33. The number of aliphatic hydroxyl groups excluding tert-OH is 1. The van der Waals surface area contributed by atoms with E-state index in [4.69, 9.17) is 10.4 Å². The molecule has 120 valence electrons. The van der Waals surface area contributed by atoms with E-state index in [1.807, 2.05) is 0 Å². The van der Waals surface area contributed by atoms with Gasteiger partial charge in [0.2, 0.25) is 10.0 Å². The van der Waals surface area contributed by atoms with Crippen LogP contribution in [0.1, 0.15) is 31.2 Å². The fourth-order valence-corrected chi connectivity index (χ4v) is 4.44. The highest BCUT2D eigenvalue weighted by Crippen LogP contribution is 2.30. The Morgan fingerprint density at radius 1 is 1.36 bits per heavy atom. The Balaban J connectivity index is 2.28. The monoisotopic (exact) mass is 326 g/mol. The van der Waals surface area contributed by atoms with E-state index < -0.39 is 21.4 Å². The summed E-state index contributed by atoms with van der Waals surface area (Å²) in [5.41, 5.74) is -0.446. The van der Waals surface area contributed by atoms with Crippen LogP contribution in [-0.2, 0) is 10.0 Å². The van der Waals surface area contributed by atoms with Crippen LogP contribution in [0.2, 0.25) is 0 Å². The molecule has 0 atom stereocenters. The summed E-state index contributed by atoms with van der Waals surface area (Å²) in [6, 6.07) is 5.06. The molecular formula is C15H19FN2O3S. The number of nitrogens with zero attached hydrogens (tertiary/aromatic N) is 2. The molecule has 1 saturated carbocycles. The number of nitriles is 1. The molecule has 0 spiro atoms. The van der Waals surface area contributed by atoms with Gasteiger partial charge in [0.05, 0.1) is 0 Å². The summed E-state index contributed by atoms with van der Waals surface area (Å²) in [4.78, 5) is -0.290. The van der Waals surface area contributed by atoms with E-state index in [-0.39, 0.29) is 23.5 Å². The number of rotatable bonds is 4. The fraction of sp³-hybridized carbons (Fsp3) is 0.533. The van der Waals surface area contributed by atoms with Crippen molar-refractivity contribution >= 4 is 10.0 Å². The lowest BCUT2D eigenvalue weighted by Crippen LogP contribution is -2.40. The molecule has 0 aromatic heterocycles. The van der Waals surface area contributed by atoms with E-state index in [1.54, 1.807) is 6.07 Å². The summed E-state index contributed by atoms with van der Waals surface area (Å²) in [5.74, 6) is -0.614. The number of hydrogen-bond donors (Lipinski definition) is 1. The maximum Gasteiger partial charge on any atom is 0.244 e. The summed E-state index contributed by atoms with van der Waals surface area (Å²) in [7, 11) is -2.46. The Morgan fingerprint density at radius 2 is 2.00 bits per heavy atom. The molecule has 0 heterocycles. The first kappa shape index (κ1) is 16.9. The number of halogens is 1. The lowest BCUT2D eigenvalue weighted by Gasteiger charge is -2.33. The summed E-state index contributed by atoms with van der Waals surface area (Å²) >= 11 is 0. The zero-order valence-corrected chi connectivity index (χ0v) is 13.2. The van der Waals surface area contributed by atoms with Gasteiger partial charge in [-0.15, -0.1) is 0 Å². The maximum atomic E-state index is 13.7. The fourth-order valence-electron chi connectivity index (χ4n) is 2.87. The molecule has 0 amide bonds. The number of hydrogen-bond acceptors (Lipinski definition) is 4. The van der Waals surface area contributed by atoms with Crippen molar-refractivity contribution < 1.29 is 17.9 Å². The predicted molar refractivity (Wildman–Crippen MR) is 78.9 cm³/mol. The van der Waals surface area contributed by atoms with Crippen LogP contribution in [-0.4, -0.2) is 37.5 Å². The van der Waals surface area contributed by atoms with E-state index in [1.165, 1.54) is 23.5 Å². The molecule has 1 N–H and O–H groups in total. The lowest BCUT2D eigenvalue weighted by molar-refractivity contribution is 0.159. The van der Waals surface area contributed by atoms with Crippen LogP contribution in [0.3, 0.4) is 0 Å². The molecule has 1 aromatic carbocycles. The van der Waals surface area contributed by atoms with E-state index >= 15 is 0 Å². The lowest BCUT2D eigenvalue weighted by atomic mass is 9.87. The Labute approximate surface area is 130 Å². The van der Waals surface area contributed by atoms with Gasteiger partial charge in [0.1, 0.15) is 22.3 Å². The van der Waals surface area contributed by atoms with Crippen molar-refractivity contribution in [3.63, 3.8) is 0 Å². The quantitative estimate of drug-likeness (QED) is 0.916. The molecule has 2 rings (SSSR count). The average Bonchev–Trinajstić information content (AvgIpc) is 2.54. The smallest absolute Gasteiger partial charge is 0.244 e. The normalized spacial score (nSPS) is 22.5. The van der Waals surface area contributed by atoms with Crippen LogP contribution in [0.15, 0.2) is 23.1 Å². The molecule has 7 heteroatoms. The molecule has 1 aromatic rings. The average molecular weight is 326 g/mol. The van der Waals surface area contributed by atoms with Gasteiger partial charge < -0.3 is 5.11 Å². The minimum Gasteiger partial charge on any atom is -0.396 e. The molecule has 0 unspecified atom stereocenters. The summed E-state index contributed by atoms with van der Waals surface area (Å²) in [6.07, 6.45) is 2.82. The Bertz CT molecular complexity index is 677. The minimum atomic E-state index is -3.92. The van der Waals surface area contributed by atoms with Crippen molar-refractivity contribution in [3.05, 3.63) is 29.6 Å². The van der Waals surface area contributed by atoms with Crippen molar-refractivity contribution in [1.82, 2.24) is 4.31 Å². The Morgan fingerprint density at radius 3 is 2.55 bits per heavy atom. The van der Waals surface area contributed by atoms with E-state index in [9.17, 15) is 12.8 Å². The predicted octanol–water partition coefficient (Wildman–Crippen LogP) is 1.87. The van der Waals surface area contributed by atoms with E-state index in [0.29, 0.717) is 12.8 Å². The van der Waals surface area contributed by atoms with Crippen LogP contribution < -0.4 is 0 Å². The molecule has 0 saturated heterocycles. The van der Waals surface area contributed by atoms with Gasteiger partial charge in [-0.3, -0.25) is 0 Å².